The lowest BCUT2D eigenvalue weighted by Crippen LogP contribution is -2.38. The Bertz CT molecular complexity index is 1390. The number of sulfonamides is 1. The summed E-state index contributed by atoms with van der Waals surface area (Å²) in [6.07, 6.45) is 2.50. The van der Waals surface area contributed by atoms with Crippen LogP contribution in [0.2, 0.25) is 5.02 Å². The Labute approximate surface area is 225 Å². The molecule has 1 aromatic heterocycles. The molecule has 3 aromatic rings. The van der Waals surface area contributed by atoms with Gasteiger partial charge in [-0.05, 0) is 87.2 Å². The molecule has 1 N–H and O–H groups in total. The Hall–Kier alpha value is -3.08. The van der Waals surface area contributed by atoms with E-state index in [1.807, 2.05) is 6.92 Å². The van der Waals surface area contributed by atoms with Crippen molar-refractivity contribution in [2.75, 3.05) is 29.4 Å². The smallest absolute Gasteiger partial charge is 0.341 e. The van der Waals surface area contributed by atoms with Gasteiger partial charge in [0.1, 0.15) is 17.3 Å². The second-order valence-electron chi connectivity index (χ2n) is 8.22. The highest BCUT2D eigenvalue weighted by Gasteiger charge is 2.31. The molecule has 11 heteroatoms. The first kappa shape index (κ1) is 27.0. The minimum atomic E-state index is -4.13. The van der Waals surface area contributed by atoms with E-state index < -0.39 is 28.4 Å². The molecular formula is C26H27ClN2O6S2. The summed E-state index contributed by atoms with van der Waals surface area (Å²) in [7, 11) is -4.13. The topological polar surface area (TPSA) is 102 Å². The largest absolute Gasteiger partial charge is 0.494 e. The number of rotatable bonds is 10. The summed E-state index contributed by atoms with van der Waals surface area (Å²) in [5.41, 5.74) is 1.55. The van der Waals surface area contributed by atoms with Crippen molar-refractivity contribution in [1.29, 1.82) is 0 Å². The van der Waals surface area contributed by atoms with Crippen LogP contribution >= 0.6 is 22.9 Å². The van der Waals surface area contributed by atoms with E-state index in [1.54, 1.807) is 31.2 Å². The Morgan fingerprint density at radius 2 is 1.73 bits per heavy atom. The maximum atomic E-state index is 13.6. The van der Waals surface area contributed by atoms with Crippen molar-refractivity contribution in [3.63, 3.8) is 0 Å². The van der Waals surface area contributed by atoms with Crippen LogP contribution in [0.25, 0.3) is 0 Å². The van der Waals surface area contributed by atoms with E-state index in [4.69, 9.17) is 21.1 Å². The van der Waals surface area contributed by atoms with Gasteiger partial charge in [-0.25, -0.2) is 13.2 Å². The predicted molar refractivity (Wildman–Crippen MR) is 145 cm³/mol. The Morgan fingerprint density at radius 1 is 1.03 bits per heavy atom. The van der Waals surface area contributed by atoms with Gasteiger partial charge in [-0.2, -0.15) is 0 Å². The number of carbonyl (C=O) groups excluding carboxylic acids is 2. The molecule has 0 saturated heterocycles. The third kappa shape index (κ3) is 5.92. The van der Waals surface area contributed by atoms with Gasteiger partial charge in [0.15, 0.2) is 0 Å². The number of nitrogens with zero attached hydrogens (tertiary/aromatic N) is 1. The molecule has 1 amide bonds. The highest BCUT2D eigenvalue weighted by Crippen LogP contribution is 2.39. The van der Waals surface area contributed by atoms with Crippen LogP contribution in [0.5, 0.6) is 5.75 Å². The van der Waals surface area contributed by atoms with Crippen LogP contribution < -0.4 is 14.4 Å². The Balaban J connectivity index is 1.65. The average molecular weight is 563 g/mol. The van der Waals surface area contributed by atoms with Crippen molar-refractivity contribution < 1.29 is 27.5 Å². The number of halogens is 1. The molecule has 0 fully saturated rings. The van der Waals surface area contributed by atoms with E-state index in [1.165, 1.54) is 35.6 Å². The monoisotopic (exact) mass is 562 g/mol. The molecular weight excluding hydrogens is 536 g/mol. The van der Waals surface area contributed by atoms with Gasteiger partial charge in [-0.15, -0.1) is 11.3 Å². The van der Waals surface area contributed by atoms with Gasteiger partial charge < -0.3 is 14.8 Å². The Morgan fingerprint density at radius 3 is 2.38 bits per heavy atom. The third-order valence-electron chi connectivity index (χ3n) is 5.78. The van der Waals surface area contributed by atoms with Crippen LogP contribution in [0, 0.1) is 0 Å². The van der Waals surface area contributed by atoms with E-state index in [0.717, 1.165) is 34.0 Å². The second-order valence-corrected chi connectivity index (χ2v) is 11.6. The quantitative estimate of drug-likeness (QED) is 0.336. The van der Waals surface area contributed by atoms with Crippen LogP contribution in [-0.2, 0) is 32.4 Å². The molecule has 0 saturated carbocycles. The third-order valence-corrected chi connectivity index (χ3v) is 9.03. The number of ether oxygens (including phenoxy) is 2. The lowest BCUT2D eigenvalue weighted by molar-refractivity contribution is -0.114. The van der Waals surface area contributed by atoms with Crippen molar-refractivity contribution in [3.8, 4) is 5.75 Å². The van der Waals surface area contributed by atoms with Crippen molar-refractivity contribution in [2.24, 2.45) is 0 Å². The minimum absolute atomic E-state index is 0.0131. The van der Waals surface area contributed by atoms with Crippen molar-refractivity contribution in [1.82, 2.24) is 0 Å². The first-order chi connectivity index (χ1) is 17.7. The van der Waals surface area contributed by atoms with E-state index in [-0.39, 0.29) is 17.2 Å². The number of fused-ring (bicyclic) bond motifs is 1. The van der Waals surface area contributed by atoms with E-state index in [9.17, 15) is 18.0 Å². The van der Waals surface area contributed by atoms with E-state index in [0.29, 0.717) is 27.9 Å². The first-order valence-electron chi connectivity index (χ1n) is 11.9. The number of amides is 1. The molecule has 0 bridgehead atoms. The van der Waals surface area contributed by atoms with E-state index in [2.05, 4.69) is 5.32 Å². The number of benzene rings is 2. The number of anilines is 2. The zero-order chi connectivity index (χ0) is 26.6. The summed E-state index contributed by atoms with van der Waals surface area (Å²) < 4.78 is 38.9. The Kier molecular flexibility index (Phi) is 8.41. The summed E-state index contributed by atoms with van der Waals surface area (Å²) in [6, 6.07) is 12.2. The van der Waals surface area contributed by atoms with Crippen LogP contribution in [0.3, 0.4) is 0 Å². The average Bonchev–Trinajstić information content (AvgIpc) is 3.44. The lowest BCUT2D eigenvalue weighted by Gasteiger charge is -2.24. The van der Waals surface area contributed by atoms with Gasteiger partial charge in [0.25, 0.3) is 10.0 Å². The molecule has 0 atom stereocenters. The number of carbonyl (C=O) groups is 2. The SMILES string of the molecule is CCOC(=O)c1c(NC(=O)CN(c2ccc(OCC)cc2)S(=O)(=O)c2ccc(Cl)cc2)sc2c1CCC2. The maximum Gasteiger partial charge on any atom is 0.341 e. The molecule has 4 rings (SSSR count). The number of hydrogen-bond acceptors (Lipinski definition) is 7. The molecule has 1 heterocycles. The molecule has 2 aromatic carbocycles. The molecule has 0 unspecified atom stereocenters. The fourth-order valence-electron chi connectivity index (χ4n) is 4.13. The van der Waals surface area contributed by atoms with E-state index >= 15 is 0 Å². The number of nitrogens with one attached hydrogen (secondary N) is 1. The van der Waals surface area contributed by atoms with Crippen molar-refractivity contribution in [2.45, 2.75) is 38.0 Å². The summed E-state index contributed by atoms with van der Waals surface area (Å²) >= 11 is 7.29. The standard InChI is InChI=1S/C26H27ClN2O6S2/c1-3-34-19-12-10-18(11-13-19)29(37(32,33)20-14-8-17(27)9-15-20)16-23(30)28-25-24(26(31)35-4-2)21-6-5-7-22(21)36-25/h8-15H,3-7,16H2,1-2H3,(H,28,30). The zero-order valence-corrected chi connectivity index (χ0v) is 22.8. The van der Waals surface area contributed by atoms with Crippen LogP contribution in [0.4, 0.5) is 10.7 Å². The summed E-state index contributed by atoms with van der Waals surface area (Å²) in [5, 5.41) is 3.54. The molecule has 0 aliphatic heterocycles. The maximum absolute atomic E-state index is 13.6. The summed E-state index contributed by atoms with van der Waals surface area (Å²) in [5.74, 6) is -0.502. The number of hydrogen-bond donors (Lipinski definition) is 1. The molecule has 1 aliphatic carbocycles. The van der Waals surface area contributed by atoms with Crippen LogP contribution in [0.15, 0.2) is 53.4 Å². The normalized spacial score (nSPS) is 12.6. The molecule has 37 heavy (non-hydrogen) atoms. The molecule has 8 nitrogen and oxygen atoms in total. The molecule has 1 aliphatic rings. The van der Waals surface area contributed by atoms with Crippen molar-refractivity contribution in [3.05, 3.63) is 69.6 Å². The molecule has 0 radical (unpaired) electrons. The predicted octanol–water partition coefficient (Wildman–Crippen LogP) is 5.30. The highest BCUT2D eigenvalue weighted by atomic mass is 35.5. The fourth-order valence-corrected chi connectivity index (χ4v) is 6.97. The summed E-state index contributed by atoms with van der Waals surface area (Å²) in [4.78, 5) is 26.9. The van der Waals surface area contributed by atoms with Gasteiger partial charge in [0, 0.05) is 9.90 Å². The molecule has 0 spiro atoms. The van der Waals surface area contributed by atoms with Crippen LogP contribution in [-0.4, -0.2) is 40.1 Å². The number of aryl methyl sites for hydroxylation is 1. The fraction of sp³-hybridized carbons (Fsp3) is 0.308. The second kappa shape index (κ2) is 11.5. The lowest BCUT2D eigenvalue weighted by atomic mass is 10.1. The number of esters is 1. The number of thiophene rings is 1. The van der Waals surface area contributed by atoms with Gasteiger partial charge in [-0.3, -0.25) is 9.10 Å². The van der Waals surface area contributed by atoms with Crippen molar-refractivity contribution >= 4 is 55.5 Å². The zero-order valence-electron chi connectivity index (χ0n) is 20.5. The molecule has 196 valence electrons. The summed E-state index contributed by atoms with van der Waals surface area (Å²) in [6.45, 7) is 3.73. The minimum Gasteiger partial charge on any atom is -0.494 e. The first-order valence-corrected chi connectivity index (χ1v) is 14.5. The van der Waals surface area contributed by atoms with Gasteiger partial charge in [-0.1, -0.05) is 11.6 Å². The van der Waals surface area contributed by atoms with Crippen LogP contribution in [0.1, 0.15) is 41.1 Å². The highest BCUT2D eigenvalue weighted by molar-refractivity contribution is 7.92. The van der Waals surface area contributed by atoms with Gasteiger partial charge in [0.05, 0.1) is 29.4 Å². The van der Waals surface area contributed by atoms with Gasteiger partial charge in [0.2, 0.25) is 5.91 Å². The van der Waals surface area contributed by atoms with Gasteiger partial charge >= 0.3 is 5.97 Å².